The van der Waals surface area contributed by atoms with Crippen molar-refractivity contribution in [1.29, 1.82) is 0 Å². The fourth-order valence-corrected chi connectivity index (χ4v) is 4.91. The Kier molecular flexibility index (Phi) is 4.27. The highest BCUT2D eigenvalue weighted by atomic mass is 35.5. The van der Waals surface area contributed by atoms with Crippen LogP contribution in [0.4, 0.5) is 0 Å². The van der Waals surface area contributed by atoms with Crippen LogP contribution in [0.5, 0.6) is 0 Å². The predicted octanol–water partition coefficient (Wildman–Crippen LogP) is 3.47. The number of aryl methyl sites for hydroxylation is 2. The van der Waals surface area contributed by atoms with Gasteiger partial charge in [0, 0.05) is 47.1 Å². The van der Waals surface area contributed by atoms with Gasteiger partial charge in [-0.2, -0.15) is 10.2 Å². The van der Waals surface area contributed by atoms with Gasteiger partial charge < -0.3 is 0 Å². The Bertz CT molecular complexity index is 1320. The van der Waals surface area contributed by atoms with E-state index in [4.69, 9.17) is 11.6 Å². The summed E-state index contributed by atoms with van der Waals surface area (Å²) < 4.78 is 8.69. The lowest BCUT2D eigenvalue weighted by Gasteiger charge is -2.14. The van der Waals surface area contributed by atoms with Gasteiger partial charge in [0.15, 0.2) is 0 Å². The summed E-state index contributed by atoms with van der Waals surface area (Å²) in [5.74, 6) is 0. The summed E-state index contributed by atoms with van der Waals surface area (Å²) in [6, 6.07) is 3.85. The Morgan fingerprint density at radius 2 is 2.00 bits per heavy atom. The molecule has 0 atom stereocenters. The van der Waals surface area contributed by atoms with Crippen LogP contribution in [-0.2, 0) is 20.6 Å². The second-order valence-corrected chi connectivity index (χ2v) is 9.30. The molecule has 0 amide bonds. The van der Waals surface area contributed by atoms with Crippen LogP contribution in [0.2, 0.25) is 5.02 Å². The molecule has 1 N–H and O–H groups in total. The van der Waals surface area contributed by atoms with Crippen molar-refractivity contribution in [2.45, 2.75) is 36.7 Å². The zero-order valence-electron chi connectivity index (χ0n) is 16.4. The van der Waals surface area contributed by atoms with Crippen LogP contribution in [0.15, 0.2) is 40.4 Å². The van der Waals surface area contributed by atoms with Gasteiger partial charge in [-0.1, -0.05) is 11.6 Å². The molecule has 0 spiro atoms. The number of benzene rings is 1. The molecule has 7 nitrogen and oxygen atoms in total. The highest BCUT2D eigenvalue weighted by molar-refractivity contribution is 7.97. The molecular formula is C20H21ClN6OS. The second kappa shape index (κ2) is 6.62. The summed E-state index contributed by atoms with van der Waals surface area (Å²) in [6.07, 6.45) is 7.79. The minimum atomic E-state index is -0.0815. The van der Waals surface area contributed by atoms with E-state index in [1.165, 1.54) is 11.9 Å². The fourth-order valence-electron chi connectivity index (χ4n) is 3.61. The van der Waals surface area contributed by atoms with Crippen molar-refractivity contribution < 1.29 is 0 Å². The third-order valence-electron chi connectivity index (χ3n) is 5.49. The minimum absolute atomic E-state index is 0.0815. The predicted molar refractivity (Wildman–Crippen MR) is 116 cm³/mol. The van der Waals surface area contributed by atoms with E-state index in [-0.39, 0.29) is 11.1 Å². The molecule has 4 aromatic rings. The third-order valence-corrected chi connectivity index (χ3v) is 6.85. The average molecular weight is 429 g/mol. The van der Waals surface area contributed by atoms with E-state index >= 15 is 0 Å². The van der Waals surface area contributed by atoms with Gasteiger partial charge in [-0.3, -0.25) is 23.4 Å². The maximum Gasteiger partial charge on any atom is 0.260 e. The van der Waals surface area contributed by atoms with E-state index in [1.807, 2.05) is 32.4 Å². The molecule has 29 heavy (non-hydrogen) atoms. The molecule has 1 fully saturated rings. The molecule has 5 rings (SSSR count). The lowest BCUT2D eigenvalue weighted by molar-refractivity contribution is 0.701. The number of hydrogen-bond acceptors (Lipinski definition) is 5. The number of hydrogen-bond donors (Lipinski definition) is 1. The van der Waals surface area contributed by atoms with Crippen molar-refractivity contribution >= 4 is 45.4 Å². The van der Waals surface area contributed by atoms with Crippen molar-refractivity contribution in [3.05, 3.63) is 51.7 Å². The fraction of sp³-hybridized carbons (Fsp3) is 0.350. The number of rotatable bonds is 5. The first-order valence-electron chi connectivity index (χ1n) is 9.44. The van der Waals surface area contributed by atoms with E-state index in [0.717, 1.165) is 39.7 Å². The molecule has 1 aromatic carbocycles. The summed E-state index contributed by atoms with van der Waals surface area (Å²) >= 11 is 8.20. The summed E-state index contributed by atoms with van der Waals surface area (Å²) in [5.41, 5.74) is 1.80. The molecule has 1 saturated carbocycles. The molecule has 0 radical (unpaired) electrons. The smallest absolute Gasteiger partial charge is 0.260 e. The van der Waals surface area contributed by atoms with E-state index in [1.54, 1.807) is 26.3 Å². The number of nitrogens with one attached hydrogen (secondary N) is 1. The second-order valence-electron chi connectivity index (χ2n) is 8.01. The molecule has 9 heteroatoms. The van der Waals surface area contributed by atoms with Crippen molar-refractivity contribution in [2.24, 2.45) is 14.1 Å². The molecule has 1 aliphatic rings. The van der Waals surface area contributed by atoms with Crippen molar-refractivity contribution in [3.63, 3.8) is 0 Å². The monoisotopic (exact) mass is 428 g/mol. The van der Waals surface area contributed by atoms with Crippen LogP contribution >= 0.6 is 23.5 Å². The summed E-state index contributed by atoms with van der Waals surface area (Å²) in [5, 5.41) is 11.4. The maximum absolute atomic E-state index is 13.5. The Balaban J connectivity index is 1.70. The molecule has 0 saturated heterocycles. The molecular weight excluding hydrogens is 408 g/mol. The van der Waals surface area contributed by atoms with E-state index in [9.17, 15) is 4.79 Å². The van der Waals surface area contributed by atoms with E-state index in [0.29, 0.717) is 17.0 Å². The quantitative estimate of drug-likeness (QED) is 0.493. The van der Waals surface area contributed by atoms with Crippen LogP contribution in [0.25, 0.3) is 21.8 Å². The average Bonchev–Trinajstić information content (AvgIpc) is 3.08. The van der Waals surface area contributed by atoms with Gasteiger partial charge in [-0.15, -0.1) is 0 Å². The Morgan fingerprint density at radius 3 is 2.69 bits per heavy atom. The molecule has 0 aliphatic heterocycles. The lowest BCUT2D eigenvalue weighted by atomic mass is 10.1. The standard InChI is InChI=1S/C20H21ClN6OS/c1-20(4-5-20)24-29-13-6-14-17(16(21)7-13)15-9-23-26(3)18(15)27(19(14)28)11-12-8-22-25(2)10-12/h6-10,24H,4-5,11H2,1-3H3. The third kappa shape index (κ3) is 3.25. The van der Waals surface area contributed by atoms with Gasteiger partial charge in [0.2, 0.25) is 0 Å². The zero-order valence-corrected chi connectivity index (χ0v) is 18.0. The Labute approximate surface area is 176 Å². The molecule has 3 heterocycles. The first-order chi connectivity index (χ1) is 13.8. The summed E-state index contributed by atoms with van der Waals surface area (Å²) in [6.45, 7) is 2.62. The lowest BCUT2D eigenvalue weighted by Crippen LogP contribution is -2.23. The molecule has 1 aliphatic carbocycles. The van der Waals surface area contributed by atoms with Gasteiger partial charge >= 0.3 is 0 Å². The molecule has 3 aromatic heterocycles. The highest BCUT2D eigenvalue weighted by Gasteiger charge is 2.37. The number of fused-ring (bicyclic) bond motifs is 3. The molecule has 150 valence electrons. The number of halogens is 1. The number of aromatic nitrogens is 5. The number of pyridine rings is 1. The number of nitrogens with zero attached hydrogens (tertiary/aromatic N) is 5. The Hall–Kier alpha value is -2.29. The van der Waals surface area contributed by atoms with Gasteiger partial charge in [0.25, 0.3) is 5.56 Å². The topological polar surface area (TPSA) is 69.7 Å². The summed E-state index contributed by atoms with van der Waals surface area (Å²) in [7, 11) is 3.70. The van der Waals surface area contributed by atoms with Crippen molar-refractivity contribution in [3.8, 4) is 0 Å². The van der Waals surface area contributed by atoms with Crippen LogP contribution in [0, 0.1) is 0 Å². The summed E-state index contributed by atoms with van der Waals surface area (Å²) in [4.78, 5) is 14.5. The first kappa shape index (κ1) is 18.7. The van der Waals surface area contributed by atoms with Gasteiger partial charge in [-0.25, -0.2) is 0 Å². The van der Waals surface area contributed by atoms with Gasteiger partial charge in [-0.05, 0) is 43.8 Å². The van der Waals surface area contributed by atoms with Gasteiger partial charge in [0.1, 0.15) is 5.65 Å². The SMILES string of the molecule is Cn1cc(Cn2c(=O)c3cc(SNC4(C)CC4)cc(Cl)c3c3cnn(C)c32)cn1. The Morgan fingerprint density at radius 1 is 1.21 bits per heavy atom. The van der Waals surface area contributed by atoms with Crippen molar-refractivity contribution in [1.82, 2.24) is 28.9 Å². The van der Waals surface area contributed by atoms with Gasteiger partial charge in [0.05, 0.1) is 29.3 Å². The van der Waals surface area contributed by atoms with E-state index in [2.05, 4.69) is 21.8 Å². The zero-order chi connectivity index (χ0) is 20.3. The van der Waals surface area contributed by atoms with Crippen LogP contribution in [0.3, 0.4) is 0 Å². The largest absolute Gasteiger partial charge is 0.288 e. The maximum atomic E-state index is 13.5. The van der Waals surface area contributed by atoms with Crippen molar-refractivity contribution in [2.75, 3.05) is 0 Å². The highest BCUT2D eigenvalue weighted by Crippen LogP contribution is 2.39. The van der Waals surface area contributed by atoms with Crippen LogP contribution < -0.4 is 10.3 Å². The van der Waals surface area contributed by atoms with Crippen LogP contribution in [0.1, 0.15) is 25.3 Å². The minimum Gasteiger partial charge on any atom is -0.288 e. The molecule has 0 bridgehead atoms. The normalized spacial score (nSPS) is 15.4. The van der Waals surface area contributed by atoms with Crippen LogP contribution in [-0.4, -0.2) is 29.7 Å². The van der Waals surface area contributed by atoms with E-state index < -0.39 is 0 Å². The molecule has 0 unspecified atom stereocenters. The first-order valence-corrected chi connectivity index (χ1v) is 10.6.